The summed E-state index contributed by atoms with van der Waals surface area (Å²) in [6, 6.07) is 22.3. The third-order valence-electron chi connectivity index (χ3n) is 3.94. The molecule has 0 aliphatic rings. The van der Waals surface area contributed by atoms with Crippen LogP contribution in [-0.2, 0) is 6.54 Å². The summed E-state index contributed by atoms with van der Waals surface area (Å²) in [6.07, 6.45) is 1.74. The van der Waals surface area contributed by atoms with Crippen molar-refractivity contribution >= 4 is 17.2 Å². The second kappa shape index (κ2) is 8.45. The van der Waals surface area contributed by atoms with Crippen LogP contribution in [0.3, 0.4) is 0 Å². The van der Waals surface area contributed by atoms with Crippen LogP contribution in [-0.4, -0.2) is 15.9 Å². The van der Waals surface area contributed by atoms with Gasteiger partial charge in [-0.3, -0.25) is 9.78 Å². The Morgan fingerprint density at radius 1 is 0.964 bits per heavy atom. The highest BCUT2D eigenvalue weighted by atomic mass is 32.1. The number of nitrogens with one attached hydrogen (secondary N) is 1. The number of ether oxygens (including phenoxy) is 1. The summed E-state index contributed by atoms with van der Waals surface area (Å²) in [6.45, 7) is 0.353. The third-order valence-corrected chi connectivity index (χ3v) is 4.85. The standard InChI is InChI=1S/C22H17N3O2S/c26-21(16-7-6-10-19(13-16)27-18-8-2-1-3-9-18)24-14-17-15-28-22(25-17)20-11-4-5-12-23-20/h1-13,15H,14H2,(H,24,26). The van der Waals surface area contributed by atoms with Gasteiger partial charge in [-0.05, 0) is 42.5 Å². The van der Waals surface area contributed by atoms with E-state index in [9.17, 15) is 4.79 Å². The quantitative estimate of drug-likeness (QED) is 0.510. The van der Waals surface area contributed by atoms with Gasteiger partial charge in [0.15, 0.2) is 0 Å². The first-order valence-corrected chi connectivity index (χ1v) is 9.63. The fraction of sp³-hybridized carbons (Fsp3) is 0.0455. The van der Waals surface area contributed by atoms with E-state index >= 15 is 0 Å². The maximum atomic E-state index is 12.5. The number of rotatable bonds is 6. The number of hydrogen-bond acceptors (Lipinski definition) is 5. The van der Waals surface area contributed by atoms with Crippen LogP contribution in [0.15, 0.2) is 84.4 Å². The van der Waals surface area contributed by atoms with Crippen molar-refractivity contribution in [2.24, 2.45) is 0 Å². The van der Waals surface area contributed by atoms with Gasteiger partial charge in [0.25, 0.3) is 5.91 Å². The number of amides is 1. The van der Waals surface area contributed by atoms with Crippen molar-refractivity contribution in [1.29, 1.82) is 0 Å². The molecule has 6 heteroatoms. The second-order valence-electron chi connectivity index (χ2n) is 5.98. The predicted molar refractivity (Wildman–Crippen MR) is 109 cm³/mol. The Balaban J connectivity index is 1.39. The first-order chi connectivity index (χ1) is 13.8. The van der Waals surface area contributed by atoms with E-state index in [0.717, 1.165) is 22.1 Å². The molecule has 138 valence electrons. The average Bonchev–Trinajstić information content (AvgIpc) is 3.23. The minimum atomic E-state index is -0.175. The van der Waals surface area contributed by atoms with Crippen LogP contribution in [0.4, 0.5) is 0 Å². The van der Waals surface area contributed by atoms with Crippen LogP contribution in [0.1, 0.15) is 16.1 Å². The van der Waals surface area contributed by atoms with E-state index in [2.05, 4.69) is 15.3 Å². The molecule has 1 N–H and O–H groups in total. The molecule has 0 atom stereocenters. The van der Waals surface area contributed by atoms with Crippen molar-refractivity contribution in [2.45, 2.75) is 6.54 Å². The van der Waals surface area contributed by atoms with Crippen molar-refractivity contribution in [3.05, 3.63) is 95.6 Å². The van der Waals surface area contributed by atoms with Crippen molar-refractivity contribution < 1.29 is 9.53 Å². The number of aromatic nitrogens is 2. The number of pyridine rings is 1. The molecule has 0 saturated carbocycles. The minimum Gasteiger partial charge on any atom is -0.457 e. The molecule has 0 aliphatic carbocycles. The first kappa shape index (κ1) is 17.9. The Kier molecular flexibility index (Phi) is 5.40. The summed E-state index contributed by atoms with van der Waals surface area (Å²) >= 11 is 1.51. The molecule has 0 fully saturated rings. The topological polar surface area (TPSA) is 64.1 Å². The number of para-hydroxylation sites is 1. The summed E-state index contributed by atoms with van der Waals surface area (Å²) in [5.41, 5.74) is 2.17. The minimum absolute atomic E-state index is 0.175. The highest BCUT2D eigenvalue weighted by Gasteiger charge is 2.10. The Morgan fingerprint density at radius 3 is 2.61 bits per heavy atom. The molecule has 5 nitrogen and oxygen atoms in total. The van der Waals surface area contributed by atoms with Crippen LogP contribution in [0, 0.1) is 0 Å². The van der Waals surface area contributed by atoms with Gasteiger partial charge in [0.05, 0.1) is 17.9 Å². The van der Waals surface area contributed by atoms with Gasteiger partial charge >= 0.3 is 0 Å². The zero-order chi connectivity index (χ0) is 19.2. The van der Waals surface area contributed by atoms with Crippen molar-refractivity contribution in [1.82, 2.24) is 15.3 Å². The van der Waals surface area contributed by atoms with E-state index in [1.54, 1.807) is 24.4 Å². The van der Waals surface area contributed by atoms with E-state index in [0.29, 0.717) is 17.9 Å². The molecule has 2 aromatic carbocycles. The molecule has 2 aromatic heterocycles. The van der Waals surface area contributed by atoms with Crippen molar-refractivity contribution in [3.63, 3.8) is 0 Å². The molecule has 0 spiro atoms. The van der Waals surface area contributed by atoms with E-state index in [-0.39, 0.29) is 5.91 Å². The normalized spacial score (nSPS) is 10.4. The Morgan fingerprint density at radius 2 is 1.79 bits per heavy atom. The largest absolute Gasteiger partial charge is 0.457 e. The van der Waals surface area contributed by atoms with E-state index in [4.69, 9.17) is 4.74 Å². The number of carbonyl (C=O) groups is 1. The number of benzene rings is 2. The summed E-state index contributed by atoms with van der Waals surface area (Å²) < 4.78 is 5.79. The molecule has 1 amide bonds. The van der Waals surface area contributed by atoms with Crippen molar-refractivity contribution in [3.8, 4) is 22.2 Å². The Hall–Kier alpha value is -3.51. The van der Waals surface area contributed by atoms with Gasteiger partial charge in [0.1, 0.15) is 16.5 Å². The maximum absolute atomic E-state index is 12.5. The van der Waals surface area contributed by atoms with E-state index < -0.39 is 0 Å². The molecule has 28 heavy (non-hydrogen) atoms. The lowest BCUT2D eigenvalue weighted by molar-refractivity contribution is 0.0950. The van der Waals surface area contributed by atoms with Crippen LogP contribution < -0.4 is 10.1 Å². The summed E-state index contributed by atoms with van der Waals surface area (Å²) in [5, 5.41) is 5.67. The number of thiazole rings is 1. The number of carbonyl (C=O) groups excluding carboxylic acids is 1. The fourth-order valence-electron chi connectivity index (χ4n) is 2.59. The SMILES string of the molecule is O=C(NCc1csc(-c2ccccn2)n1)c1cccc(Oc2ccccc2)c1. The molecular weight excluding hydrogens is 370 g/mol. The van der Waals surface area contributed by atoms with Gasteiger partial charge in [-0.1, -0.05) is 30.3 Å². The molecule has 0 saturated heterocycles. The smallest absolute Gasteiger partial charge is 0.251 e. The van der Waals surface area contributed by atoms with E-state index in [1.807, 2.05) is 60.0 Å². The van der Waals surface area contributed by atoms with Gasteiger partial charge in [0.2, 0.25) is 0 Å². The number of hydrogen-bond donors (Lipinski definition) is 1. The van der Waals surface area contributed by atoms with Gasteiger partial charge in [-0.2, -0.15) is 0 Å². The molecule has 0 aliphatic heterocycles. The van der Waals surface area contributed by atoms with Gasteiger partial charge in [-0.15, -0.1) is 11.3 Å². The monoisotopic (exact) mass is 387 g/mol. The maximum Gasteiger partial charge on any atom is 0.251 e. The third kappa shape index (κ3) is 4.42. The summed E-state index contributed by atoms with van der Waals surface area (Å²) in [7, 11) is 0. The number of nitrogens with zero attached hydrogens (tertiary/aromatic N) is 2. The highest BCUT2D eigenvalue weighted by molar-refractivity contribution is 7.13. The van der Waals surface area contributed by atoms with Crippen LogP contribution in [0.25, 0.3) is 10.7 Å². The Bertz CT molecular complexity index is 1070. The molecule has 4 rings (SSSR count). The second-order valence-corrected chi connectivity index (χ2v) is 6.84. The molecule has 0 bridgehead atoms. The molecule has 0 radical (unpaired) electrons. The van der Waals surface area contributed by atoms with E-state index in [1.165, 1.54) is 11.3 Å². The van der Waals surface area contributed by atoms with Gasteiger partial charge in [0, 0.05) is 17.1 Å². The van der Waals surface area contributed by atoms with Crippen LogP contribution in [0.5, 0.6) is 11.5 Å². The summed E-state index contributed by atoms with van der Waals surface area (Å²) in [5.74, 6) is 1.17. The van der Waals surface area contributed by atoms with Crippen LogP contribution >= 0.6 is 11.3 Å². The zero-order valence-electron chi connectivity index (χ0n) is 14.9. The lowest BCUT2D eigenvalue weighted by Gasteiger charge is -2.08. The lowest BCUT2D eigenvalue weighted by Crippen LogP contribution is -2.22. The molecule has 4 aromatic rings. The van der Waals surface area contributed by atoms with Gasteiger partial charge < -0.3 is 10.1 Å². The molecular formula is C22H17N3O2S. The highest BCUT2D eigenvalue weighted by Crippen LogP contribution is 2.23. The zero-order valence-corrected chi connectivity index (χ0v) is 15.7. The predicted octanol–water partition coefficient (Wildman–Crippen LogP) is 4.93. The average molecular weight is 387 g/mol. The molecule has 0 unspecified atom stereocenters. The lowest BCUT2D eigenvalue weighted by atomic mass is 10.2. The van der Waals surface area contributed by atoms with Gasteiger partial charge in [-0.25, -0.2) is 4.98 Å². The summed E-state index contributed by atoms with van der Waals surface area (Å²) in [4.78, 5) is 21.3. The fourth-order valence-corrected chi connectivity index (χ4v) is 3.39. The van der Waals surface area contributed by atoms with Crippen molar-refractivity contribution in [2.75, 3.05) is 0 Å². The van der Waals surface area contributed by atoms with Crippen LogP contribution in [0.2, 0.25) is 0 Å². The Labute approximate surface area is 166 Å². The first-order valence-electron chi connectivity index (χ1n) is 8.75. The molecule has 2 heterocycles.